The number of furan rings is 1. The normalized spacial score (nSPS) is 23.2. The van der Waals surface area contributed by atoms with E-state index in [4.69, 9.17) is 4.42 Å². The van der Waals surface area contributed by atoms with Gasteiger partial charge in [-0.2, -0.15) is 0 Å². The van der Waals surface area contributed by atoms with Gasteiger partial charge in [-0.3, -0.25) is 4.79 Å². The van der Waals surface area contributed by atoms with Crippen molar-refractivity contribution < 1.29 is 9.21 Å². The molecule has 0 aromatic carbocycles. The summed E-state index contributed by atoms with van der Waals surface area (Å²) in [5, 5.41) is 3.43. The Labute approximate surface area is 101 Å². The summed E-state index contributed by atoms with van der Waals surface area (Å²) in [7, 11) is 0. The minimum absolute atomic E-state index is 0.0378. The lowest BCUT2D eigenvalue weighted by molar-refractivity contribution is 0.0577. The van der Waals surface area contributed by atoms with Crippen molar-refractivity contribution in [3.8, 4) is 0 Å². The van der Waals surface area contributed by atoms with Crippen LogP contribution in [0.1, 0.15) is 29.8 Å². The smallest absolute Gasteiger partial charge is 0.289 e. The number of piperidine rings is 1. The third-order valence-corrected chi connectivity index (χ3v) is 4.18. The van der Waals surface area contributed by atoms with Crippen LogP contribution in [0.2, 0.25) is 0 Å². The summed E-state index contributed by atoms with van der Waals surface area (Å²) in [6, 6.07) is 3.50. The second kappa shape index (κ2) is 4.18. The van der Waals surface area contributed by atoms with Crippen LogP contribution in [0.15, 0.2) is 22.8 Å². The van der Waals surface area contributed by atoms with E-state index in [9.17, 15) is 4.79 Å². The van der Waals surface area contributed by atoms with Crippen LogP contribution in [0.3, 0.4) is 0 Å². The molecule has 2 aliphatic heterocycles. The van der Waals surface area contributed by atoms with Gasteiger partial charge in [-0.15, -0.1) is 0 Å². The fourth-order valence-electron chi connectivity index (χ4n) is 2.96. The first kappa shape index (κ1) is 10.8. The second-order valence-electron chi connectivity index (χ2n) is 5.20. The van der Waals surface area contributed by atoms with Gasteiger partial charge in [0.05, 0.1) is 6.26 Å². The van der Waals surface area contributed by atoms with E-state index >= 15 is 0 Å². The van der Waals surface area contributed by atoms with Crippen molar-refractivity contribution in [2.75, 3.05) is 26.2 Å². The van der Waals surface area contributed by atoms with Crippen molar-refractivity contribution in [3.05, 3.63) is 24.2 Å². The molecule has 2 saturated heterocycles. The van der Waals surface area contributed by atoms with Gasteiger partial charge in [-0.1, -0.05) is 0 Å². The van der Waals surface area contributed by atoms with E-state index in [2.05, 4.69) is 5.32 Å². The molecule has 0 unspecified atom stereocenters. The van der Waals surface area contributed by atoms with Crippen molar-refractivity contribution >= 4 is 5.91 Å². The summed E-state index contributed by atoms with van der Waals surface area (Å²) in [5.41, 5.74) is 0.458. The Bertz CT molecular complexity index is 384. The zero-order valence-electron chi connectivity index (χ0n) is 9.95. The van der Waals surface area contributed by atoms with Crippen LogP contribution >= 0.6 is 0 Å². The van der Waals surface area contributed by atoms with E-state index in [0.29, 0.717) is 11.2 Å². The molecule has 0 bridgehead atoms. The van der Waals surface area contributed by atoms with Crippen LogP contribution < -0.4 is 5.32 Å². The summed E-state index contributed by atoms with van der Waals surface area (Å²) in [4.78, 5) is 14.0. The first-order valence-electron chi connectivity index (χ1n) is 6.33. The first-order chi connectivity index (χ1) is 8.29. The van der Waals surface area contributed by atoms with Crippen LogP contribution in [0, 0.1) is 5.41 Å². The summed E-state index contributed by atoms with van der Waals surface area (Å²) < 4.78 is 5.16. The van der Waals surface area contributed by atoms with E-state index < -0.39 is 0 Å². The molecule has 2 fully saturated rings. The number of carbonyl (C=O) groups is 1. The molecule has 0 atom stereocenters. The van der Waals surface area contributed by atoms with Gasteiger partial charge in [0, 0.05) is 19.6 Å². The lowest BCUT2D eigenvalue weighted by Crippen LogP contribution is -2.43. The molecule has 1 N–H and O–H groups in total. The third-order valence-electron chi connectivity index (χ3n) is 4.18. The van der Waals surface area contributed by atoms with Crippen molar-refractivity contribution in [1.29, 1.82) is 0 Å². The summed E-state index contributed by atoms with van der Waals surface area (Å²) >= 11 is 0. The highest BCUT2D eigenvalue weighted by molar-refractivity contribution is 5.91. The molecular formula is C13H18N2O2. The number of hydrogen-bond donors (Lipinski definition) is 1. The highest BCUT2D eigenvalue weighted by Crippen LogP contribution is 2.37. The molecule has 4 nitrogen and oxygen atoms in total. The maximum Gasteiger partial charge on any atom is 0.289 e. The minimum atomic E-state index is 0.0378. The summed E-state index contributed by atoms with van der Waals surface area (Å²) in [6.45, 7) is 3.98. The molecule has 17 heavy (non-hydrogen) atoms. The molecule has 3 heterocycles. The van der Waals surface area contributed by atoms with Crippen LogP contribution in [-0.2, 0) is 0 Å². The molecule has 0 saturated carbocycles. The quantitative estimate of drug-likeness (QED) is 0.801. The molecule has 2 aliphatic rings. The van der Waals surface area contributed by atoms with Gasteiger partial charge in [0.1, 0.15) is 0 Å². The predicted octanol–water partition coefficient (Wildman–Crippen LogP) is 1.50. The third kappa shape index (κ3) is 1.97. The number of amides is 1. The summed E-state index contributed by atoms with van der Waals surface area (Å²) in [5.74, 6) is 0.501. The van der Waals surface area contributed by atoms with E-state index in [1.54, 1.807) is 18.4 Å². The van der Waals surface area contributed by atoms with Crippen LogP contribution in [0.5, 0.6) is 0 Å². The fraction of sp³-hybridized carbons (Fsp3) is 0.615. The zero-order valence-corrected chi connectivity index (χ0v) is 9.95. The molecule has 1 amide bonds. The summed E-state index contributed by atoms with van der Waals surface area (Å²) in [6.07, 6.45) is 5.05. The Morgan fingerprint density at radius 1 is 1.35 bits per heavy atom. The van der Waals surface area contributed by atoms with Crippen molar-refractivity contribution in [1.82, 2.24) is 10.2 Å². The van der Waals surface area contributed by atoms with Gasteiger partial charge in [-0.25, -0.2) is 0 Å². The van der Waals surface area contributed by atoms with E-state index in [1.165, 1.54) is 6.42 Å². The Hall–Kier alpha value is -1.29. The van der Waals surface area contributed by atoms with Gasteiger partial charge in [-0.05, 0) is 43.4 Å². The number of likely N-dealkylation sites (tertiary alicyclic amines) is 1. The van der Waals surface area contributed by atoms with Crippen molar-refractivity contribution in [2.45, 2.75) is 19.3 Å². The molecule has 0 aliphatic carbocycles. The molecule has 1 aromatic rings. The molecule has 4 heteroatoms. The Balaban J connectivity index is 1.63. The first-order valence-corrected chi connectivity index (χ1v) is 6.33. The molecule has 0 radical (unpaired) electrons. The number of nitrogens with one attached hydrogen (secondary N) is 1. The zero-order chi connectivity index (χ0) is 11.7. The number of carbonyl (C=O) groups excluding carboxylic acids is 1. The average Bonchev–Trinajstić information content (AvgIpc) is 3.01. The van der Waals surface area contributed by atoms with E-state index in [1.807, 2.05) is 4.90 Å². The standard InChI is InChI=1S/C13H18N2O2/c16-12(11-2-1-9-17-11)15-7-4-13(5-8-15)3-6-14-10-13/h1-2,9,14H,3-8,10H2. The maximum atomic E-state index is 12.1. The molecule has 1 aromatic heterocycles. The predicted molar refractivity (Wildman–Crippen MR) is 63.8 cm³/mol. The monoisotopic (exact) mass is 234 g/mol. The van der Waals surface area contributed by atoms with Gasteiger partial charge in [0.25, 0.3) is 5.91 Å². The highest BCUT2D eigenvalue weighted by atomic mass is 16.3. The van der Waals surface area contributed by atoms with Gasteiger partial charge in [0.2, 0.25) is 0 Å². The number of nitrogens with zero attached hydrogens (tertiary/aromatic N) is 1. The van der Waals surface area contributed by atoms with Crippen molar-refractivity contribution in [2.24, 2.45) is 5.41 Å². The molecule has 3 rings (SSSR count). The topological polar surface area (TPSA) is 45.5 Å². The second-order valence-corrected chi connectivity index (χ2v) is 5.20. The van der Waals surface area contributed by atoms with Crippen molar-refractivity contribution in [3.63, 3.8) is 0 Å². The Morgan fingerprint density at radius 3 is 2.76 bits per heavy atom. The molecular weight excluding hydrogens is 216 g/mol. The van der Waals surface area contributed by atoms with Gasteiger partial charge < -0.3 is 14.6 Å². The average molecular weight is 234 g/mol. The molecule has 92 valence electrons. The Morgan fingerprint density at radius 2 is 2.18 bits per heavy atom. The SMILES string of the molecule is O=C(c1ccco1)N1CCC2(CCNC2)CC1. The lowest BCUT2D eigenvalue weighted by Gasteiger charge is -2.38. The number of rotatable bonds is 1. The fourth-order valence-corrected chi connectivity index (χ4v) is 2.96. The van der Waals surface area contributed by atoms with Crippen LogP contribution in [-0.4, -0.2) is 37.0 Å². The van der Waals surface area contributed by atoms with Gasteiger partial charge in [0.15, 0.2) is 5.76 Å². The maximum absolute atomic E-state index is 12.1. The Kier molecular flexibility index (Phi) is 2.67. The van der Waals surface area contributed by atoms with Crippen LogP contribution in [0.4, 0.5) is 0 Å². The largest absolute Gasteiger partial charge is 0.459 e. The lowest BCUT2D eigenvalue weighted by atomic mass is 9.78. The molecule has 1 spiro atoms. The van der Waals surface area contributed by atoms with E-state index in [0.717, 1.165) is 39.0 Å². The number of hydrogen-bond acceptors (Lipinski definition) is 3. The minimum Gasteiger partial charge on any atom is -0.459 e. The highest BCUT2D eigenvalue weighted by Gasteiger charge is 2.38. The van der Waals surface area contributed by atoms with E-state index in [-0.39, 0.29) is 5.91 Å². The van der Waals surface area contributed by atoms with Gasteiger partial charge >= 0.3 is 0 Å². The van der Waals surface area contributed by atoms with Crippen LogP contribution in [0.25, 0.3) is 0 Å².